The Hall–Kier alpha value is -3.83. The number of hydrogen-bond donors (Lipinski definition) is 1. The van der Waals surface area contributed by atoms with Crippen molar-refractivity contribution in [1.29, 1.82) is 0 Å². The van der Waals surface area contributed by atoms with Gasteiger partial charge in [0.15, 0.2) is 17.3 Å². The van der Waals surface area contributed by atoms with Gasteiger partial charge in [-0.15, -0.1) is 0 Å². The quantitative estimate of drug-likeness (QED) is 0.396. The van der Waals surface area contributed by atoms with E-state index in [0.29, 0.717) is 17.9 Å². The molecule has 0 saturated heterocycles. The molecule has 2 aromatic carbocycles. The topological polar surface area (TPSA) is 124 Å². The molecule has 0 fully saturated rings. The van der Waals surface area contributed by atoms with Crippen molar-refractivity contribution in [2.75, 3.05) is 32.7 Å². The van der Waals surface area contributed by atoms with Crippen LogP contribution in [0.25, 0.3) is 0 Å². The van der Waals surface area contributed by atoms with Crippen LogP contribution in [0.15, 0.2) is 70.2 Å². The van der Waals surface area contributed by atoms with Crippen molar-refractivity contribution in [1.82, 2.24) is 4.90 Å². The van der Waals surface area contributed by atoms with Crippen molar-refractivity contribution in [2.24, 2.45) is 0 Å². The first kappa shape index (κ1) is 25.8. The Bertz CT molecular complexity index is 1260. The molecule has 1 heterocycles. The maximum absolute atomic E-state index is 12.9. The third-order valence-corrected chi connectivity index (χ3v) is 6.10. The van der Waals surface area contributed by atoms with Gasteiger partial charge in [-0.1, -0.05) is 6.07 Å². The highest BCUT2D eigenvalue weighted by Crippen LogP contribution is 2.31. The SMILES string of the molecule is COCCN(Cc1ccc(OC)c(OS(=O)(=O)c2ccc(NC(C)=O)cc2)c1)C(=O)c1ccco1. The van der Waals surface area contributed by atoms with Crippen LogP contribution in [-0.2, 0) is 26.2 Å². The Morgan fingerprint density at radius 3 is 2.37 bits per heavy atom. The second-order valence-corrected chi connectivity index (χ2v) is 8.97. The van der Waals surface area contributed by atoms with Gasteiger partial charge in [0, 0.05) is 32.8 Å². The van der Waals surface area contributed by atoms with E-state index in [-0.39, 0.29) is 47.1 Å². The molecule has 10 nitrogen and oxygen atoms in total. The first-order valence-electron chi connectivity index (χ1n) is 10.5. The summed E-state index contributed by atoms with van der Waals surface area (Å²) in [6, 6.07) is 13.5. The lowest BCUT2D eigenvalue weighted by Gasteiger charge is -2.22. The molecule has 0 radical (unpaired) electrons. The maximum atomic E-state index is 12.9. The molecule has 0 saturated carbocycles. The molecule has 1 aromatic heterocycles. The number of rotatable bonds is 11. The summed E-state index contributed by atoms with van der Waals surface area (Å²) in [5, 5.41) is 2.57. The molecule has 2 amide bonds. The fourth-order valence-corrected chi connectivity index (χ4v) is 4.12. The molecule has 0 unspecified atom stereocenters. The lowest BCUT2D eigenvalue weighted by Crippen LogP contribution is -2.33. The van der Waals surface area contributed by atoms with E-state index < -0.39 is 10.1 Å². The summed E-state index contributed by atoms with van der Waals surface area (Å²) in [6.45, 7) is 2.09. The number of methoxy groups -OCH3 is 2. The second kappa shape index (κ2) is 11.5. The summed E-state index contributed by atoms with van der Waals surface area (Å²) in [5.74, 6) is -0.266. The number of ether oxygens (including phenoxy) is 2. The van der Waals surface area contributed by atoms with Crippen molar-refractivity contribution in [2.45, 2.75) is 18.4 Å². The van der Waals surface area contributed by atoms with Gasteiger partial charge in [-0.2, -0.15) is 8.42 Å². The lowest BCUT2D eigenvalue weighted by atomic mass is 10.2. The molecule has 0 aliphatic rings. The molecule has 1 N–H and O–H groups in total. The third kappa shape index (κ3) is 6.84. The van der Waals surface area contributed by atoms with Crippen LogP contribution in [0.5, 0.6) is 11.5 Å². The predicted molar refractivity (Wildman–Crippen MR) is 127 cm³/mol. The number of benzene rings is 2. The van der Waals surface area contributed by atoms with Crippen LogP contribution in [0.4, 0.5) is 5.69 Å². The summed E-state index contributed by atoms with van der Waals surface area (Å²) >= 11 is 0. The normalized spacial score (nSPS) is 11.1. The molecule has 0 bridgehead atoms. The van der Waals surface area contributed by atoms with E-state index in [4.69, 9.17) is 18.1 Å². The zero-order chi connectivity index (χ0) is 25.4. The van der Waals surface area contributed by atoms with Crippen molar-refractivity contribution in [3.8, 4) is 11.5 Å². The molecule has 3 rings (SSSR count). The van der Waals surface area contributed by atoms with E-state index in [9.17, 15) is 18.0 Å². The summed E-state index contributed by atoms with van der Waals surface area (Å²) in [6.07, 6.45) is 1.41. The molecule has 35 heavy (non-hydrogen) atoms. The Morgan fingerprint density at radius 1 is 1.03 bits per heavy atom. The van der Waals surface area contributed by atoms with Gasteiger partial charge in [0.2, 0.25) is 5.91 Å². The average Bonchev–Trinajstić information content (AvgIpc) is 3.36. The van der Waals surface area contributed by atoms with Gasteiger partial charge in [-0.3, -0.25) is 9.59 Å². The third-order valence-electron chi connectivity index (χ3n) is 4.85. The van der Waals surface area contributed by atoms with Gasteiger partial charge < -0.3 is 28.3 Å². The van der Waals surface area contributed by atoms with Crippen LogP contribution in [0.3, 0.4) is 0 Å². The number of hydrogen-bond acceptors (Lipinski definition) is 8. The van der Waals surface area contributed by atoms with Gasteiger partial charge in [-0.05, 0) is 54.1 Å². The van der Waals surface area contributed by atoms with E-state index in [1.54, 1.807) is 24.3 Å². The van der Waals surface area contributed by atoms with Crippen LogP contribution in [0, 0.1) is 0 Å². The van der Waals surface area contributed by atoms with Gasteiger partial charge in [0.05, 0.1) is 20.0 Å². The summed E-state index contributed by atoms with van der Waals surface area (Å²) < 4.78 is 46.7. The molecule has 11 heteroatoms. The first-order valence-corrected chi connectivity index (χ1v) is 11.9. The minimum absolute atomic E-state index is 0.0342. The largest absolute Gasteiger partial charge is 0.493 e. The predicted octanol–water partition coefficient (Wildman–Crippen LogP) is 3.30. The molecular weight excluding hydrogens is 476 g/mol. The van der Waals surface area contributed by atoms with E-state index in [1.165, 1.54) is 62.6 Å². The van der Waals surface area contributed by atoms with Crippen LogP contribution < -0.4 is 14.2 Å². The Labute approximate surface area is 203 Å². The monoisotopic (exact) mass is 502 g/mol. The summed E-state index contributed by atoms with van der Waals surface area (Å²) in [7, 11) is -1.29. The number of furan rings is 1. The van der Waals surface area contributed by atoms with E-state index in [2.05, 4.69) is 5.32 Å². The van der Waals surface area contributed by atoms with Crippen LogP contribution in [-0.4, -0.2) is 52.5 Å². The Kier molecular flexibility index (Phi) is 8.50. The number of amides is 2. The molecule has 0 aliphatic carbocycles. The summed E-state index contributed by atoms with van der Waals surface area (Å²) in [5.41, 5.74) is 1.06. The number of nitrogens with zero attached hydrogens (tertiary/aromatic N) is 1. The van der Waals surface area contributed by atoms with Gasteiger partial charge in [0.25, 0.3) is 5.91 Å². The highest BCUT2D eigenvalue weighted by atomic mass is 32.2. The molecule has 0 spiro atoms. The van der Waals surface area contributed by atoms with Crippen LogP contribution in [0.1, 0.15) is 23.0 Å². The number of carbonyl (C=O) groups is 2. The maximum Gasteiger partial charge on any atom is 0.339 e. The van der Waals surface area contributed by atoms with E-state index in [0.717, 1.165) is 0 Å². The number of carbonyl (C=O) groups excluding carboxylic acids is 2. The minimum Gasteiger partial charge on any atom is -0.493 e. The molecule has 186 valence electrons. The highest BCUT2D eigenvalue weighted by Gasteiger charge is 2.22. The smallest absolute Gasteiger partial charge is 0.339 e. The highest BCUT2D eigenvalue weighted by molar-refractivity contribution is 7.87. The van der Waals surface area contributed by atoms with Crippen molar-refractivity contribution in [3.63, 3.8) is 0 Å². The molecule has 0 atom stereocenters. The van der Waals surface area contributed by atoms with Gasteiger partial charge in [0.1, 0.15) is 4.90 Å². The van der Waals surface area contributed by atoms with Gasteiger partial charge in [-0.25, -0.2) is 0 Å². The van der Waals surface area contributed by atoms with E-state index in [1.807, 2.05) is 0 Å². The Morgan fingerprint density at radius 2 is 1.77 bits per heavy atom. The van der Waals surface area contributed by atoms with Crippen LogP contribution >= 0.6 is 0 Å². The zero-order valence-electron chi connectivity index (χ0n) is 19.5. The van der Waals surface area contributed by atoms with Crippen molar-refractivity contribution < 1.29 is 36.1 Å². The summed E-state index contributed by atoms with van der Waals surface area (Å²) in [4.78, 5) is 25.4. The van der Waals surface area contributed by atoms with Gasteiger partial charge >= 0.3 is 10.1 Å². The molecule has 3 aromatic rings. The van der Waals surface area contributed by atoms with Crippen molar-refractivity contribution in [3.05, 3.63) is 72.2 Å². The number of nitrogens with one attached hydrogen (secondary N) is 1. The van der Waals surface area contributed by atoms with Crippen LogP contribution in [0.2, 0.25) is 0 Å². The molecule has 0 aliphatic heterocycles. The standard InChI is InChI=1S/C24H26N2O8S/c1-17(27)25-19-7-9-20(10-8-19)35(29,30)34-23-15-18(6-11-21(23)32-3)16-26(12-14-31-2)24(28)22-5-4-13-33-22/h4-11,13,15H,12,14,16H2,1-3H3,(H,25,27). The fraction of sp³-hybridized carbons (Fsp3) is 0.250. The second-order valence-electron chi connectivity index (χ2n) is 7.43. The lowest BCUT2D eigenvalue weighted by molar-refractivity contribution is -0.114. The number of anilines is 1. The zero-order valence-corrected chi connectivity index (χ0v) is 20.3. The molecular formula is C24H26N2O8S. The average molecular weight is 503 g/mol. The van der Waals surface area contributed by atoms with E-state index >= 15 is 0 Å². The first-order chi connectivity index (χ1) is 16.7. The Balaban J connectivity index is 1.84. The fourth-order valence-electron chi connectivity index (χ4n) is 3.19. The van der Waals surface area contributed by atoms with Crippen molar-refractivity contribution >= 4 is 27.6 Å². The minimum atomic E-state index is -4.21.